The van der Waals surface area contributed by atoms with Crippen LogP contribution in [0.5, 0.6) is 0 Å². The summed E-state index contributed by atoms with van der Waals surface area (Å²) in [6.07, 6.45) is 0. The normalized spacial score (nSPS) is 11.2. The molecule has 0 fully saturated rings. The third kappa shape index (κ3) is 1.63. The van der Waals surface area contributed by atoms with E-state index in [2.05, 4.69) is 10.1 Å². The molecular weight excluding hydrogens is 232 g/mol. The Balaban J connectivity index is 2.84. The van der Waals surface area contributed by atoms with E-state index in [1.807, 2.05) is 13.8 Å². The maximum atomic E-state index is 11.1. The Morgan fingerprint density at radius 2 is 2.25 bits per heavy atom. The Kier molecular flexibility index (Phi) is 2.55. The van der Waals surface area contributed by atoms with Gasteiger partial charge < -0.3 is 9.63 Å². The second-order valence-electron chi connectivity index (χ2n) is 3.70. The van der Waals surface area contributed by atoms with Gasteiger partial charge in [-0.05, 0) is 12.0 Å². The van der Waals surface area contributed by atoms with Gasteiger partial charge in [0.2, 0.25) is 0 Å². The molecule has 5 nitrogen and oxygen atoms in total. The first-order valence-corrected chi connectivity index (χ1v) is 5.07. The summed E-state index contributed by atoms with van der Waals surface area (Å²) in [7, 11) is 0. The van der Waals surface area contributed by atoms with Gasteiger partial charge in [0.15, 0.2) is 0 Å². The Morgan fingerprint density at radius 1 is 1.56 bits per heavy atom. The van der Waals surface area contributed by atoms with Gasteiger partial charge in [0, 0.05) is 0 Å². The molecular formula is C10H9ClN2O3. The molecule has 0 spiro atoms. The van der Waals surface area contributed by atoms with E-state index in [9.17, 15) is 4.79 Å². The van der Waals surface area contributed by atoms with Crippen LogP contribution in [0.3, 0.4) is 0 Å². The second-order valence-corrected chi connectivity index (χ2v) is 4.09. The van der Waals surface area contributed by atoms with Crippen LogP contribution in [0.4, 0.5) is 0 Å². The molecule has 0 aromatic carbocycles. The van der Waals surface area contributed by atoms with E-state index in [1.165, 1.54) is 6.07 Å². The fourth-order valence-corrected chi connectivity index (χ4v) is 1.69. The van der Waals surface area contributed by atoms with Crippen LogP contribution in [0.1, 0.15) is 35.8 Å². The molecule has 2 aromatic heterocycles. The van der Waals surface area contributed by atoms with E-state index in [1.54, 1.807) is 0 Å². The molecule has 1 N–H and O–H groups in total. The molecule has 0 amide bonds. The highest BCUT2D eigenvalue weighted by Crippen LogP contribution is 2.28. The zero-order chi connectivity index (χ0) is 11.9. The molecule has 0 aliphatic heterocycles. The van der Waals surface area contributed by atoms with Crippen molar-refractivity contribution in [1.82, 2.24) is 10.1 Å². The molecule has 0 saturated carbocycles. The molecule has 6 heteroatoms. The highest BCUT2D eigenvalue weighted by atomic mass is 35.5. The Morgan fingerprint density at radius 3 is 2.81 bits per heavy atom. The average molecular weight is 241 g/mol. The van der Waals surface area contributed by atoms with E-state index in [-0.39, 0.29) is 22.3 Å². The van der Waals surface area contributed by atoms with Crippen LogP contribution in [0.15, 0.2) is 10.6 Å². The maximum Gasteiger partial charge on any atom is 0.336 e. The molecule has 0 bridgehead atoms. The van der Waals surface area contributed by atoms with Gasteiger partial charge in [-0.25, -0.2) is 4.79 Å². The molecule has 2 heterocycles. The lowest BCUT2D eigenvalue weighted by molar-refractivity contribution is 0.0699. The zero-order valence-electron chi connectivity index (χ0n) is 8.69. The Hall–Kier alpha value is -1.62. The largest absolute Gasteiger partial charge is 0.478 e. The number of aromatic nitrogens is 2. The van der Waals surface area contributed by atoms with Crippen LogP contribution < -0.4 is 0 Å². The van der Waals surface area contributed by atoms with Crippen molar-refractivity contribution in [2.75, 3.05) is 0 Å². The van der Waals surface area contributed by atoms with Gasteiger partial charge in [-0.1, -0.05) is 30.6 Å². The number of carboxylic acids is 1. The van der Waals surface area contributed by atoms with Crippen molar-refractivity contribution in [2.24, 2.45) is 0 Å². The Labute approximate surface area is 96.0 Å². The summed E-state index contributed by atoms with van der Waals surface area (Å²) < 4.78 is 4.97. The van der Waals surface area contributed by atoms with Crippen molar-refractivity contribution in [2.45, 2.75) is 19.8 Å². The van der Waals surface area contributed by atoms with E-state index in [0.29, 0.717) is 11.1 Å². The van der Waals surface area contributed by atoms with Crippen molar-refractivity contribution in [3.8, 4) is 0 Å². The maximum absolute atomic E-state index is 11.1. The van der Waals surface area contributed by atoms with Crippen LogP contribution in [-0.4, -0.2) is 21.2 Å². The molecule has 2 aromatic rings. The van der Waals surface area contributed by atoms with Gasteiger partial charge in [-0.15, -0.1) is 0 Å². The molecule has 0 unspecified atom stereocenters. The number of carboxylic acid groups (broad SMARTS) is 1. The van der Waals surface area contributed by atoms with Crippen LogP contribution >= 0.6 is 11.6 Å². The summed E-state index contributed by atoms with van der Waals surface area (Å²) in [4.78, 5) is 15.0. The first kappa shape index (κ1) is 10.9. The molecule has 0 radical (unpaired) electrons. The number of pyridine rings is 1. The first-order valence-electron chi connectivity index (χ1n) is 4.69. The number of rotatable bonds is 2. The lowest BCUT2D eigenvalue weighted by atomic mass is 10.0. The van der Waals surface area contributed by atoms with Gasteiger partial charge >= 0.3 is 5.97 Å². The van der Waals surface area contributed by atoms with Crippen molar-refractivity contribution in [3.63, 3.8) is 0 Å². The van der Waals surface area contributed by atoms with Gasteiger partial charge in [0.1, 0.15) is 5.15 Å². The average Bonchev–Trinajstić information content (AvgIpc) is 2.59. The zero-order valence-corrected chi connectivity index (χ0v) is 9.45. The lowest BCUT2D eigenvalue weighted by Crippen LogP contribution is -2.00. The SMILES string of the molecule is CC(C)c1noc2nc(Cl)cc(C(=O)O)c12. The summed E-state index contributed by atoms with van der Waals surface area (Å²) in [6, 6.07) is 1.30. The summed E-state index contributed by atoms with van der Waals surface area (Å²) in [6.45, 7) is 3.80. The predicted octanol–water partition coefficient (Wildman–Crippen LogP) is 2.70. The minimum absolute atomic E-state index is 0.0577. The highest BCUT2D eigenvalue weighted by molar-refractivity contribution is 6.30. The molecule has 16 heavy (non-hydrogen) atoms. The minimum Gasteiger partial charge on any atom is -0.478 e. The lowest BCUT2D eigenvalue weighted by Gasteiger charge is -2.01. The number of aromatic carboxylic acids is 1. The smallest absolute Gasteiger partial charge is 0.336 e. The van der Waals surface area contributed by atoms with Crippen LogP contribution in [0.2, 0.25) is 5.15 Å². The summed E-state index contributed by atoms with van der Waals surface area (Å²) in [5, 5.41) is 13.4. The van der Waals surface area contributed by atoms with Crippen molar-refractivity contribution < 1.29 is 14.4 Å². The predicted molar refractivity (Wildman–Crippen MR) is 57.9 cm³/mol. The molecule has 0 aliphatic rings. The fourth-order valence-electron chi connectivity index (χ4n) is 1.51. The highest BCUT2D eigenvalue weighted by Gasteiger charge is 2.21. The number of nitrogens with zero attached hydrogens (tertiary/aromatic N) is 2. The number of hydrogen-bond acceptors (Lipinski definition) is 4. The van der Waals surface area contributed by atoms with Crippen molar-refractivity contribution in [1.29, 1.82) is 0 Å². The van der Waals surface area contributed by atoms with Crippen LogP contribution in [0.25, 0.3) is 11.1 Å². The Bertz CT molecular complexity index is 562. The summed E-state index contributed by atoms with van der Waals surface area (Å²) in [5.74, 6) is -1.01. The number of carbonyl (C=O) groups is 1. The number of fused-ring (bicyclic) bond motifs is 1. The summed E-state index contributed by atoms with van der Waals surface area (Å²) >= 11 is 5.69. The minimum atomic E-state index is -1.07. The van der Waals surface area contributed by atoms with E-state index >= 15 is 0 Å². The topological polar surface area (TPSA) is 76.2 Å². The number of halogens is 1. The van der Waals surface area contributed by atoms with E-state index < -0.39 is 5.97 Å². The van der Waals surface area contributed by atoms with Gasteiger partial charge in [0.25, 0.3) is 5.71 Å². The third-order valence-corrected chi connectivity index (χ3v) is 2.41. The number of hydrogen-bond donors (Lipinski definition) is 1. The monoisotopic (exact) mass is 240 g/mol. The molecule has 0 saturated heterocycles. The van der Waals surface area contributed by atoms with E-state index in [4.69, 9.17) is 21.2 Å². The third-order valence-electron chi connectivity index (χ3n) is 2.22. The second kappa shape index (κ2) is 3.75. The van der Waals surface area contributed by atoms with Crippen molar-refractivity contribution in [3.05, 3.63) is 22.5 Å². The quantitative estimate of drug-likeness (QED) is 0.817. The first-order chi connectivity index (χ1) is 7.50. The molecule has 2 rings (SSSR count). The van der Waals surface area contributed by atoms with Gasteiger partial charge in [0.05, 0.1) is 16.6 Å². The van der Waals surface area contributed by atoms with Crippen molar-refractivity contribution >= 4 is 28.7 Å². The van der Waals surface area contributed by atoms with Crippen LogP contribution in [-0.2, 0) is 0 Å². The summed E-state index contributed by atoms with van der Waals surface area (Å²) in [5.41, 5.74) is 0.810. The van der Waals surface area contributed by atoms with Gasteiger partial charge in [-0.2, -0.15) is 4.98 Å². The standard InChI is InChI=1S/C10H9ClN2O3/c1-4(2)8-7-5(10(14)15)3-6(11)12-9(7)16-13-8/h3-4H,1-2H3,(H,14,15). The molecule has 84 valence electrons. The van der Waals surface area contributed by atoms with Crippen LogP contribution in [0, 0.1) is 0 Å². The molecule has 0 atom stereocenters. The fraction of sp³-hybridized carbons (Fsp3) is 0.300. The van der Waals surface area contributed by atoms with E-state index in [0.717, 1.165) is 0 Å². The van der Waals surface area contributed by atoms with Gasteiger partial charge in [-0.3, -0.25) is 0 Å². The molecule has 0 aliphatic carbocycles.